The number of hydrogen-bond donors (Lipinski definition) is 1. The zero-order chi connectivity index (χ0) is 15.0. The van der Waals surface area contributed by atoms with Crippen molar-refractivity contribution in [3.05, 3.63) is 59.4 Å². The summed E-state index contributed by atoms with van der Waals surface area (Å²) in [6.45, 7) is 0. The minimum atomic E-state index is -2.28. The van der Waals surface area contributed by atoms with Crippen molar-refractivity contribution in [2.45, 2.75) is 21.2 Å². The van der Waals surface area contributed by atoms with Crippen LogP contribution in [0, 0.1) is 5.82 Å². The Bertz CT molecular complexity index is 787. The molecule has 1 heterocycles. The van der Waals surface area contributed by atoms with Gasteiger partial charge < -0.3 is 0 Å². The summed E-state index contributed by atoms with van der Waals surface area (Å²) in [4.78, 5) is 7.09. The predicted octanol–water partition coefficient (Wildman–Crippen LogP) is 3.84. The third-order valence-electron chi connectivity index (χ3n) is 3.76. The SMILES string of the molecule is [CH3][Sn]([CH3])([CH3])[c]1[nH]nc2cccc(Cc3ccccc3F)c12. The van der Waals surface area contributed by atoms with Crippen molar-refractivity contribution < 1.29 is 4.39 Å². The van der Waals surface area contributed by atoms with Gasteiger partial charge in [-0.1, -0.05) is 0 Å². The molecule has 0 radical (unpaired) electrons. The van der Waals surface area contributed by atoms with Crippen LogP contribution in [0.5, 0.6) is 0 Å². The molecule has 0 spiro atoms. The maximum atomic E-state index is 13.9. The average molecular weight is 389 g/mol. The number of nitrogens with one attached hydrogen (secondary N) is 1. The number of hydrogen-bond acceptors (Lipinski definition) is 1. The third-order valence-corrected chi connectivity index (χ3v) is 9.07. The summed E-state index contributed by atoms with van der Waals surface area (Å²) in [5, 5.41) is 8.90. The third kappa shape index (κ3) is 2.84. The fraction of sp³-hybridized carbons (Fsp3) is 0.235. The van der Waals surface area contributed by atoms with E-state index in [2.05, 4.69) is 31.1 Å². The monoisotopic (exact) mass is 390 g/mol. The summed E-state index contributed by atoms with van der Waals surface area (Å²) >= 11 is -2.28. The average Bonchev–Trinajstić information content (AvgIpc) is 2.86. The van der Waals surface area contributed by atoms with Crippen molar-refractivity contribution in [2.75, 3.05) is 0 Å². The van der Waals surface area contributed by atoms with E-state index in [0.29, 0.717) is 6.42 Å². The molecule has 0 saturated heterocycles. The molecule has 0 atom stereocenters. The first-order chi connectivity index (χ1) is 9.97. The predicted molar refractivity (Wildman–Crippen MR) is 88.3 cm³/mol. The van der Waals surface area contributed by atoms with Gasteiger partial charge in [0.25, 0.3) is 0 Å². The second-order valence-electron chi connectivity index (χ2n) is 6.43. The van der Waals surface area contributed by atoms with Crippen molar-refractivity contribution in [1.29, 1.82) is 0 Å². The summed E-state index contributed by atoms with van der Waals surface area (Å²) in [7, 11) is 0. The van der Waals surface area contributed by atoms with E-state index in [9.17, 15) is 4.39 Å². The molecule has 0 aliphatic heterocycles. The van der Waals surface area contributed by atoms with Crippen LogP contribution in [-0.2, 0) is 6.42 Å². The molecule has 0 aliphatic carbocycles. The molecule has 1 aromatic heterocycles. The molecule has 21 heavy (non-hydrogen) atoms. The van der Waals surface area contributed by atoms with Gasteiger partial charge in [0.15, 0.2) is 0 Å². The first-order valence-electron chi connectivity index (χ1n) is 7.16. The number of halogens is 1. The quantitative estimate of drug-likeness (QED) is 0.678. The summed E-state index contributed by atoms with van der Waals surface area (Å²) in [5.74, 6) is -0.140. The molecule has 0 saturated carbocycles. The van der Waals surface area contributed by atoms with Crippen LogP contribution in [0.25, 0.3) is 10.9 Å². The number of fused-ring (bicyclic) bond motifs is 1. The number of benzene rings is 2. The topological polar surface area (TPSA) is 28.7 Å². The Balaban J connectivity index is 2.15. The Labute approximate surface area is 128 Å². The van der Waals surface area contributed by atoms with Gasteiger partial charge in [0.1, 0.15) is 0 Å². The standard InChI is InChI=1S/C14H10FN2.3CH3.Sn/c15-13-6-2-1-4-11(13)8-10-5-3-7-14-12(10)9-16-17-14;;;;/h1-7H,8H2,(H,16,17);3*1H3;. The van der Waals surface area contributed by atoms with Crippen molar-refractivity contribution >= 4 is 33.0 Å². The second-order valence-corrected chi connectivity index (χ2v) is 20.7. The van der Waals surface area contributed by atoms with Crippen LogP contribution in [0.4, 0.5) is 4.39 Å². The van der Waals surface area contributed by atoms with Gasteiger partial charge in [-0.2, -0.15) is 0 Å². The van der Waals surface area contributed by atoms with Crippen LogP contribution < -0.4 is 3.71 Å². The van der Waals surface area contributed by atoms with E-state index in [4.69, 9.17) is 0 Å². The fourth-order valence-corrected chi connectivity index (χ4v) is 6.76. The molecule has 4 heteroatoms. The molecular formula is C17H19FN2Sn. The first kappa shape index (κ1) is 14.6. The molecule has 108 valence electrons. The molecule has 0 fully saturated rings. The molecule has 0 amide bonds. The van der Waals surface area contributed by atoms with Gasteiger partial charge in [0.2, 0.25) is 0 Å². The molecule has 2 nitrogen and oxygen atoms in total. The van der Waals surface area contributed by atoms with Crippen molar-refractivity contribution in [2.24, 2.45) is 0 Å². The Morgan fingerprint density at radius 2 is 1.71 bits per heavy atom. The molecule has 1 N–H and O–H groups in total. The molecule has 0 unspecified atom stereocenters. The van der Waals surface area contributed by atoms with Crippen LogP contribution in [0.3, 0.4) is 0 Å². The van der Waals surface area contributed by atoms with Crippen molar-refractivity contribution in [1.82, 2.24) is 10.2 Å². The van der Waals surface area contributed by atoms with Crippen molar-refractivity contribution in [3.63, 3.8) is 0 Å². The summed E-state index contributed by atoms with van der Waals surface area (Å²) in [6.07, 6.45) is 0.610. The van der Waals surface area contributed by atoms with E-state index >= 15 is 0 Å². The molecule has 2 aromatic carbocycles. The zero-order valence-electron chi connectivity index (χ0n) is 12.6. The van der Waals surface area contributed by atoms with E-state index in [1.165, 1.54) is 15.2 Å². The van der Waals surface area contributed by atoms with Crippen LogP contribution in [-0.4, -0.2) is 28.6 Å². The number of H-pyrrole nitrogens is 1. The van der Waals surface area contributed by atoms with E-state index < -0.39 is 18.4 Å². The molecule has 3 rings (SSSR count). The van der Waals surface area contributed by atoms with Crippen LogP contribution >= 0.6 is 0 Å². The summed E-state index contributed by atoms with van der Waals surface area (Å²) in [5.41, 5.74) is 2.89. The van der Waals surface area contributed by atoms with Gasteiger partial charge in [-0.15, -0.1) is 0 Å². The van der Waals surface area contributed by atoms with E-state index in [1.54, 1.807) is 6.07 Å². The van der Waals surface area contributed by atoms with Gasteiger partial charge >= 0.3 is 128 Å². The summed E-state index contributed by atoms with van der Waals surface area (Å²) in [6, 6.07) is 13.1. The zero-order valence-corrected chi connectivity index (χ0v) is 15.4. The van der Waals surface area contributed by atoms with E-state index in [-0.39, 0.29) is 5.82 Å². The van der Waals surface area contributed by atoms with Crippen LogP contribution in [0.15, 0.2) is 42.5 Å². The van der Waals surface area contributed by atoms with Crippen LogP contribution in [0.2, 0.25) is 14.8 Å². The first-order valence-corrected chi connectivity index (χ1v) is 17.2. The Kier molecular flexibility index (Phi) is 3.78. The Morgan fingerprint density at radius 3 is 2.43 bits per heavy atom. The number of aromatic nitrogens is 2. The van der Waals surface area contributed by atoms with Crippen LogP contribution in [0.1, 0.15) is 11.1 Å². The molecule has 0 bridgehead atoms. The normalized spacial score (nSPS) is 12.0. The molecule has 0 aliphatic rings. The van der Waals surface area contributed by atoms with E-state index in [0.717, 1.165) is 16.6 Å². The Morgan fingerprint density at radius 1 is 1.00 bits per heavy atom. The number of aromatic amines is 1. The number of rotatable bonds is 3. The van der Waals surface area contributed by atoms with Gasteiger partial charge in [0, 0.05) is 0 Å². The van der Waals surface area contributed by atoms with E-state index in [1.807, 2.05) is 24.3 Å². The maximum absolute atomic E-state index is 13.9. The van der Waals surface area contributed by atoms with Gasteiger partial charge in [-0.05, 0) is 0 Å². The van der Waals surface area contributed by atoms with Gasteiger partial charge in [-0.25, -0.2) is 0 Å². The number of nitrogens with zero attached hydrogens (tertiary/aromatic N) is 1. The van der Waals surface area contributed by atoms with Gasteiger partial charge in [-0.3, -0.25) is 0 Å². The second kappa shape index (κ2) is 5.44. The molecular weight excluding hydrogens is 370 g/mol. The minimum absolute atomic E-state index is 0.140. The summed E-state index contributed by atoms with van der Waals surface area (Å²) < 4.78 is 15.2. The fourth-order valence-electron chi connectivity index (χ4n) is 2.68. The van der Waals surface area contributed by atoms with Crippen molar-refractivity contribution in [3.8, 4) is 0 Å². The van der Waals surface area contributed by atoms with Gasteiger partial charge in [0.05, 0.1) is 0 Å². The Hall–Kier alpha value is -1.36. The molecule has 3 aromatic rings.